The summed E-state index contributed by atoms with van der Waals surface area (Å²) in [5, 5.41) is 9.36. The number of nitrogens with zero attached hydrogens (tertiary/aromatic N) is 1. The van der Waals surface area contributed by atoms with Crippen molar-refractivity contribution in [1.29, 1.82) is 0 Å². The Hall–Kier alpha value is -3.72. The van der Waals surface area contributed by atoms with E-state index in [-0.39, 0.29) is 18.1 Å². The Morgan fingerprint density at radius 3 is 2.38 bits per heavy atom. The van der Waals surface area contributed by atoms with Gasteiger partial charge in [0.25, 0.3) is 11.8 Å². The Kier molecular flexibility index (Phi) is 8.01. The van der Waals surface area contributed by atoms with Crippen LogP contribution in [0.4, 0.5) is 8.78 Å². The first-order valence-corrected chi connectivity index (χ1v) is 10.6. The van der Waals surface area contributed by atoms with Crippen LogP contribution in [0.1, 0.15) is 25.8 Å². The predicted octanol–water partition coefficient (Wildman–Crippen LogP) is 5.16. The van der Waals surface area contributed by atoms with Crippen LogP contribution in [0.15, 0.2) is 48.5 Å². The molecule has 0 aliphatic rings. The van der Waals surface area contributed by atoms with Crippen molar-refractivity contribution < 1.29 is 32.9 Å². The minimum Gasteiger partial charge on any atom is -0.497 e. The highest BCUT2D eigenvalue weighted by Crippen LogP contribution is 2.34. The highest BCUT2D eigenvalue weighted by molar-refractivity contribution is 5.72. The van der Waals surface area contributed by atoms with Crippen molar-refractivity contribution in [3.63, 3.8) is 0 Å². The number of aromatic nitrogens is 1. The first-order chi connectivity index (χ1) is 16.2. The molecule has 3 aromatic rings. The Labute approximate surface area is 196 Å². The van der Waals surface area contributed by atoms with Gasteiger partial charge < -0.3 is 25.1 Å². The number of halogens is 2. The van der Waals surface area contributed by atoms with E-state index in [4.69, 9.17) is 19.9 Å². The zero-order chi connectivity index (χ0) is 24.8. The number of methoxy groups -OCH3 is 1. The third kappa shape index (κ3) is 6.20. The van der Waals surface area contributed by atoms with Crippen LogP contribution in [0.5, 0.6) is 23.3 Å². The van der Waals surface area contributed by atoms with Gasteiger partial charge in [-0.3, -0.25) is 0 Å². The molecule has 3 rings (SSSR count). The molecule has 7 nitrogen and oxygen atoms in total. The van der Waals surface area contributed by atoms with E-state index in [2.05, 4.69) is 4.98 Å². The maximum Gasteiger partial charge on any atom is 0.344 e. The fraction of sp³-hybridized carbons (Fsp3) is 0.280. The quantitative estimate of drug-likeness (QED) is 0.420. The van der Waals surface area contributed by atoms with Crippen LogP contribution in [0.3, 0.4) is 0 Å². The van der Waals surface area contributed by atoms with E-state index in [0.717, 1.165) is 11.1 Å². The topological polar surface area (TPSA) is 104 Å². The predicted molar refractivity (Wildman–Crippen MR) is 122 cm³/mol. The summed E-state index contributed by atoms with van der Waals surface area (Å²) in [5.74, 6) is -4.14. The average Bonchev–Trinajstić information content (AvgIpc) is 2.81. The number of benzene rings is 2. The molecule has 0 bridgehead atoms. The van der Waals surface area contributed by atoms with E-state index in [9.17, 15) is 18.7 Å². The first kappa shape index (κ1) is 24.9. The minimum absolute atomic E-state index is 0.0340. The van der Waals surface area contributed by atoms with E-state index < -0.39 is 35.5 Å². The van der Waals surface area contributed by atoms with Gasteiger partial charge in [-0.05, 0) is 47.2 Å². The molecular weight excluding hydrogens is 446 g/mol. The van der Waals surface area contributed by atoms with Crippen molar-refractivity contribution in [1.82, 2.24) is 4.98 Å². The summed E-state index contributed by atoms with van der Waals surface area (Å²) in [7, 11) is 1.47. The SMILES string of the molecule is COc1cc(Oc2nc(OC(CC(C)C)C(=O)O)c(F)cc2F)cc(-c2cccc(CN)c2)c1. The monoisotopic (exact) mass is 472 g/mol. The van der Waals surface area contributed by atoms with Gasteiger partial charge >= 0.3 is 5.97 Å². The molecule has 0 radical (unpaired) electrons. The van der Waals surface area contributed by atoms with E-state index >= 15 is 0 Å². The number of rotatable bonds is 10. The second-order valence-electron chi connectivity index (χ2n) is 8.04. The number of hydrogen-bond donors (Lipinski definition) is 2. The minimum atomic E-state index is -1.35. The molecule has 0 aliphatic carbocycles. The number of carboxylic acids is 1. The average molecular weight is 472 g/mol. The highest BCUT2D eigenvalue weighted by Gasteiger charge is 2.25. The van der Waals surface area contributed by atoms with Crippen LogP contribution in [0, 0.1) is 17.6 Å². The van der Waals surface area contributed by atoms with Crippen molar-refractivity contribution in [2.45, 2.75) is 32.9 Å². The molecule has 1 unspecified atom stereocenters. The summed E-state index contributed by atoms with van der Waals surface area (Å²) < 4.78 is 45.0. The van der Waals surface area contributed by atoms with Crippen molar-refractivity contribution in [3.05, 3.63) is 65.7 Å². The van der Waals surface area contributed by atoms with Crippen LogP contribution in [-0.2, 0) is 11.3 Å². The molecule has 0 aliphatic heterocycles. The molecule has 0 amide bonds. The van der Waals surface area contributed by atoms with Crippen LogP contribution in [0.25, 0.3) is 11.1 Å². The van der Waals surface area contributed by atoms with Gasteiger partial charge in [0.15, 0.2) is 17.7 Å². The number of pyridine rings is 1. The normalized spacial score (nSPS) is 11.9. The van der Waals surface area contributed by atoms with Gasteiger partial charge in [0.2, 0.25) is 0 Å². The van der Waals surface area contributed by atoms with Crippen molar-refractivity contribution in [2.24, 2.45) is 11.7 Å². The van der Waals surface area contributed by atoms with Gasteiger partial charge in [0.1, 0.15) is 11.5 Å². The van der Waals surface area contributed by atoms with Gasteiger partial charge in [-0.25, -0.2) is 13.6 Å². The highest BCUT2D eigenvalue weighted by atomic mass is 19.1. The lowest BCUT2D eigenvalue weighted by Gasteiger charge is -2.17. The number of aliphatic carboxylic acids is 1. The van der Waals surface area contributed by atoms with E-state index in [0.29, 0.717) is 23.9 Å². The fourth-order valence-electron chi connectivity index (χ4n) is 3.25. The third-order valence-corrected chi connectivity index (χ3v) is 4.91. The van der Waals surface area contributed by atoms with Crippen molar-refractivity contribution in [2.75, 3.05) is 7.11 Å². The summed E-state index contributed by atoms with van der Waals surface area (Å²) in [6.07, 6.45) is -1.23. The molecule has 180 valence electrons. The van der Waals surface area contributed by atoms with Crippen LogP contribution in [-0.4, -0.2) is 29.3 Å². The van der Waals surface area contributed by atoms with Gasteiger partial charge in [-0.2, -0.15) is 4.98 Å². The van der Waals surface area contributed by atoms with Gasteiger partial charge in [-0.15, -0.1) is 0 Å². The number of carboxylic acid groups (broad SMARTS) is 1. The second kappa shape index (κ2) is 10.9. The maximum atomic E-state index is 14.5. The lowest BCUT2D eigenvalue weighted by Crippen LogP contribution is -2.29. The molecule has 0 saturated carbocycles. The maximum absolute atomic E-state index is 14.5. The van der Waals surface area contributed by atoms with Crippen molar-refractivity contribution in [3.8, 4) is 34.4 Å². The Balaban J connectivity index is 1.95. The molecule has 0 spiro atoms. The van der Waals surface area contributed by atoms with Crippen LogP contribution in [0.2, 0.25) is 0 Å². The molecule has 1 atom stereocenters. The van der Waals surface area contributed by atoms with E-state index in [1.54, 1.807) is 26.0 Å². The summed E-state index contributed by atoms with van der Waals surface area (Å²) >= 11 is 0. The number of carbonyl (C=O) groups is 1. The van der Waals surface area contributed by atoms with Gasteiger partial charge in [0.05, 0.1) is 7.11 Å². The van der Waals surface area contributed by atoms with Gasteiger partial charge in [0, 0.05) is 18.7 Å². The number of nitrogens with two attached hydrogens (primary N) is 1. The fourth-order valence-corrected chi connectivity index (χ4v) is 3.25. The zero-order valence-corrected chi connectivity index (χ0v) is 19.0. The second-order valence-corrected chi connectivity index (χ2v) is 8.04. The summed E-state index contributed by atoms with van der Waals surface area (Å²) in [6.45, 7) is 3.96. The summed E-state index contributed by atoms with van der Waals surface area (Å²) in [6, 6.07) is 13.0. The standard InChI is InChI=1S/C25H26F2N2O5/c1-14(2)7-22(25(30)31)34-24-21(27)12-20(26)23(29-24)33-19-10-17(9-18(11-19)32-3)16-6-4-5-15(8-16)13-28/h4-6,8-12,14,22H,7,13,28H2,1-3H3,(H,30,31). The summed E-state index contributed by atoms with van der Waals surface area (Å²) in [5.41, 5.74) is 8.20. The lowest BCUT2D eigenvalue weighted by molar-refractivity contribution is -0.146. The molecule has 0 saturated heterocycles. The van der Waals surface area contributed by atoms with Crippen LogP contribution < -0.4 is 19.9 Å². The molecule has 2 aromatic carbocycles. The number of ether oxygens (including phenoxy) is 3. The van der Waals surface area contributed by atoms with Gasteiger partial charge in [-0.1, -0.05) is 32.0 Å². The molecule has 34 heavy (non-hydrogen) atoms. The van der Waals surface area contributed by atoms with Crippen molar-refractivity contribution >= 4 is 5.97 Å². The zero-order valence-electron chi connectivity index (χ0n) is 19.0. The molecule has 1 aromatic heterocycles. The molecule has 3 N–H and O–H groups in total. The largest absolute Gasteiger partial charge is 0.497 e. The third-order valence-electron chi connectivity index (χ3n) is 4.91. The molecule has 9 heteroatoms. The summed E-state index contributed by atoms with van der Waals surface area (Å²) in [4.78, 5) is 15.2. The molecular formula is C25H26F2N2O5. The Morgan fingerprint density at radius 2 is 1.74 bits per heavy atom. The Bertz CT molecular complexity index is 1170. The first-order valence-electron chi connectivity index (χ1n) is 10.6. The number of hydrogen-bond acceptors (Lipinski definition) is 6. The van der Waals surface area contributed by atoms with Crippen LogP contribution >= 0.6 is 0 Å². The smallest absolute Gasteiger partial charge is 0.344 e. The molecule has 0 fully saturated rings. The van der Waals surface area contributed by atoms with E-state index in [1.807, 2.05) is 24.3 Å². The Morgan fingerprint density at radius 1 is 1.03 bits per heavy atom. The van der Waals surface area contributed by atoms with E-state index in [1.165, 1.54) is 13.2 Å². The lowest BCUT2D eigenvalue weighted by atomic mass is 10.0. The molecule has 1 heterocycles.